The molecule has 0 rings (SSSR count). The van der Waals surface area contributed by atoms with Crippen LogP contribution < -0.4 is 56.5 Å². The SMILES string of the molecule is CCCCCCCC[N+](CCO)(CCCC(=O)[O-])CCCC(=O)O.[K+]. The van der Waals surface area contributed by atoms with Gasteiger partial charge in [0.2, 0.25) is 0 Å². The van der Waals surface area contributed by atoms with Crippen molar-refractivity contribution in [2.24, 2.45) is 0 Å². The average molecular weight is 385 g/mol. The number of aliphatic carboxylic acids is 2. The maximum absolute atomic E-state index is 10.8. The Hall–Kier alpha value is 0.496. The molecule has 25 heavy (non-hydrogen) atoms. The Kier molecular flexibility index (Phi) is 19.8. The third-order valence-corrected chi connectivity index (χ3v) is 4.60. The number of aliphatic hydroxyl groups is 1. The Morgan fingerprint density at radius 2 is 1.36 bits per heavy atom. The van der Waals surface area contributed by atoms with Crippen molar-refractivity contribution in [3.63, 3.8) is 0 Å². The third-order valence-electron chi connectivity index (χ3n) is 4.60. The molecule has 0 aliphatic rings. The number of carboxylic acids is 2. The van der Waals surface area contributed by atoms with Crippen LogP contribution in [0, 0.1) is 0 Å². The molecule has 0 radical (unpaired) electrons. The van der Waals surface area contributed by atoms with Crippen molar-refractivity contribution in [2.75, 3.05) is 32.8 Å². The number of carbonyl (C=O) groups is 2. The summed E-state index contributed by atoms with van der Waals surface area (Å²) in [4.78, 5) is 21.4. The van der Waals surface area contributed by atoms with Gasteiger partial charge in [-0.25, -0.2) is 0 Å². The number of carbonyl (C=O) groups excluding carboxylic acids is 1. The number of aliphatic hydroxyl groups excluding tert-OH is 1. The summed E-state index contributed by atoms with van der Waals surface area (Å²) in [5, 5.41) is 28.9. The molecule has 0 amide bonds. The molecule has 0 fully saturated rings. The molecule has 1 atom stereocenters. The van der Waals surface area contributed by atoms with Gasteiger partial charge in [-0.2, -0.15) is 0 Å². The van der Waals surface area contributed by atoms with E-state index in [0.29, 0.717) is 37.0 Å². The van der Waals surface area contributed by atoms with Gasteiger partial charge in [-0.1, -0.05) is 32.6 Å². The molecule has 0 aromatic heterocycles. The Morgan fingerprint density at radius 1 is 0.840 bits per heavy atom. The van der Waals surface area contributed by atoms with Gasteiger partial charge in [0.05, 0.1) is 32.7 Å². The first-order valence-corrected chi connectivity index (χ1v) is 9.33. The summed E-state index contributed by atoms with van der Waals surface area (Å²) in [5.74, 6) is -1.87. The van der Waals surface area contributed by atoms with E-state index >= 15 is 0 Å². The van der Waals surface area contributed by atoms with Gasteiger partial charge >= 0.3 is 57.4 Å². The minimum Gasteiger partial charge on any atom is -0.550 e. The quantitative estimate of drug-likeness (QED) is 0.182. The first kappa shape index (κ1) is 27.7. The molecule has 0 aromatic rings. The predicted octanol–water partition coefficient (Wildman–Crippen LogP) is -1.45. The van der Waals surface area contributed by atoms with Crippen molar-refractivity contribution in [1.82, 2.24) is 0 Å². The van der Waals surface area contributed by atoms with Crippen LogP contribution in [-0.4, -0.2) is 59.4 Å². The van der Waals surface area contributed by atoms with E-state index in [1.165, 1.54) is 25.7 Å². The molecule has 1 unspecified atom stereocenters. The van der Waals surface area contributed by atoms with E-state index in [0.717, 1.165) is 19.4 Å². The zero-order valence-corrected chi connectivity index (χ0v) is 19.3. The molecular formula is C18H35KNO5+. The Balaban J connectivity index is 0. The summed E-state index contributed by atoms with van der Waals surface area (Å²) in [6, 6.07) is 0. The van der Waals surface area contributed by atoms with E-state index in [4.69, 9.17) is 5.11 Å². The van der Waals surface area contributed by atoms with Crippen molar-refractivity contribution >= 4 is 11.9 Å². The van der Waals surface area contributed by atoms with E-state index in [9.17, 15) is 19.8 Å². The zero-order chi connectivity index (χ0) is 18.3. The van der Waals surface area contributed by atoms with E-state index in [1.807, 2.05) is 0 Å². The van der Waals surface area contributed by atoms with Crippen LogP contribution in [0.4, 0.5) is 0 Å². The summed E-state index contributed by atoms with van der Waals surface area (Å²) in [5.41, 5.74) is 0. The van der Waals surface area contributed by atoms with Gasteiger partial charge in [0.1, 0.15) is 6.54 Å². The van der Waals surface area contributed by atoms with Gasteiger partial charge in [0.25, 0.3) is 0 Å². The number of hydrogen-bond acceptors (Lipinski definition) is 4. The van der Waals surface area contributed by atoms with Crippen LogP contribution in [0.3, 0.4) is 0 Å². The van der Waals surface area contributed by atoms with E-state index in [-0.39, 0.29) is 70.8 Å². The van der Waals surface area contributed by atoms with E-state index in [1.54, 1.807) is 0 Å². The van der Waals surface area contributed by atoms with Gasteiger partial charge in [-0.05, 0) is 19.3 Å². The second kappa shape index (κ2) is 17.9. The third kappa shape index (κ3) is 16.4. The predicted molar refractivity (Wildman–Crippen MR) is 91.3 cm³/mol. The topological polar surface area (TPSA) is 97.7 Å². The maximum Gasteiger partial charge on any atom is 1.00 e. The van der Waals surface area contributed by atoms with Crippen LogP contribution in [0.25, 0.3) is 0 Å². The molecule has 0 saturated carbocycles. The molecule has 0 bridgehead atoms. The summed E-state index contributed by atoms with van der Waals surface area (Å²) < 4.78 is 0.616. The van der Waals surface area contributed by atoms with Crippen LogP contribution >= 0.6 is 0 Å². The first-order valence-electron chi connectivity index (χ1n) is 9.33. The van der Waals surface area contributed by atoms with Crippen LogP contribution in [0.15, 0.2) is 0 Å². The Morgan fingerprint density at radius 3 is 1.88 bits per heavy atom. The van der Waals surface area contributed by atoms with Crippen molar-refractivity contribution in [3.8, 4) is 0 Å². The number of unbranched alkanes of at least 4 members (excludes halogenated alkanes) is 5. The van der Waals surface area contributed by atoms with Gasteiger partial charge in [0, 0.05) is 18.8 Å². The molecular weight excluding hydrogens is 349 g/mol. The monoisotopic (exact) mass is 384 g/mol. The first-order chi connectivity index (χ1) is 11.5. The largest absolute Gasteiger partial charge is 1.00 e. The molecule has 142 valence electrons. The second-order valence-corrected chi connectivity index (χ2v) is 6.70. The summed E-state index contributed by atoms with van der Waals surface area (Å²) >= 11 is 0. The van der Waals surface area contributed by atoms with Crippen molar-refractivity contribution in [3.05, 3.63) is 0 Å². The molecule has 6 nitrogen and oxygen atoms in total. The van der Waals surface area contributed by atoms with Gasteiger partial charge in [-0.15, -0.1) is 0 Å². The summed E-state index contributed by atoms with van der Waals surface area (Å²) in [7, 11) is 0. The van der Waals surface area contributed by atoms with Gasteiger partial charge in [0.15, 0.2) is 0 Å². The van der Waals surface area contributed by atoms with Crippen LogP contribution in [-0.2, 0) is 9.59 Å². The van der Waals surface area contributed by atoms with E-state index < -0.39 is 11.9 Å². The number of quaternary nitrogens is 1. The van der Waals surface area contributed by atoms with Crippen LogP contribution in [0.2, 0.25) is 0 Å². The Bertz CT molecular complexity index is 332. The number of rotatable bonds is 17. The minimum atomic E-state index is -1.05. The summed E-state index contributed by atoms with van der Waals surface area (Å²) in [6.07, 6.45) is 8.24. The second-order valence-electron chi connectivity index (χ2n) is 6.70. The zero-order valence-electron chi connectivity index (χ0n) is 16.2. The van der Waals surface area contributed by atoms with Gasteiger partial charge in [-0.3, -0.25) is 4.79 Å². The normalized spacial score (nSPS) is 13.0. The number of hydrogen-bond donors (Lipinski definition) is 2. The molecule has 2 N–H and O–H groups in total. The van der Waals surface area contributed by atoms with Crippen LogP contribution in [0.5, 0.6) is 0 Å². The maximum atomic E-state index is 10.8. The van der Waals surface area contributed by atoms with Crippen molar-refractivity contribution in [2.45, 2.75) is 71.1 Å². The molecule has 0 spiro atoms. The molecule has 0 heterocycles. The van der Waals surface area contributed by atoms with Crippen molar-refractivity contribution < 1.29 is 80.8 Å². The van der Waals surface area contributed by atoms with Gasteiger partial charge < -0.3 is 24.6 Å². The molecule has 0 aliphatic carbocycles. The molecule has 0 aliphatic heterocycles. The van der Waals surface area contributed by atoms with E-state index in [2.05, 4.69) is 6.92 Å². The molecule has 0 saturated heterocycles. The van der Waals surface area contributed by atoms with Crippen molar-refractivity contribution in [1.29, 1.82) is 0 Å². The minimum absolute atomic E-state index is 0. The average Bonchev–Trinajstić information content (AvgIpc) is 2.50. The summed E-state index contributed by atoms with van der Waals surface area (Å²) in [6.45, 7) is 4.98. The fraction of sp³-hybridized carbons (Fsp3) is 0.889. The number of carboxylic acid groups (broad SMARTS) is 2. The fourth-order valence-corrected chi connectivity index (χ4v) is 3.23. The smallest absolute Gasteiger partial charge is 0.550 e. The standard InChI is InChI=1S/C18H35NO5.K/c1-2-3-4-5-6-7-12-19(15-16-20,13-8-10-17(21)22)14-9-11-18(23)24;/h20H,2-16H2,1H3,(H-,21,22,23,24);/q;+1. The van der Waals surface area contributed by atoms with Crippen LogP contribution in [0.1, 0.15) is 71.1 Å². The molecule has 0 aromatic carbocycles. The Labute approximate surface area is 195 Å². The number of nitrogens with zero attached hydrogens (tertiary/aromatic N) is 1. The molecule has 7 heteroatoms. The fourth-order valence-electron chi connectivity index (χ4n) is 3.23.